The van der Waals surface area contributed by atoms with Gasteiger partial charge in [-0.3, -0.25) is 29.6 Å². The number of nitro groups is 1. The lowest BCUT2D eigenvalue weighted by atomic mass is 9.72. The highest BCUT2D eigenvalue weighted by atomic mass is 35.5. The van der Waals surface area contributed by atoms with E-state index >= 15 is 0 Å². The van der Waals surface area contributed by atoms with Crippen molar-refractivity contribution in [1.82, 2.24) is 34.7 Å². The number of carbonyl (C=O) groups excluding carboxylic acids is 1. The fraction of sp³-hybridized carbons (Fsp3) is 0.356. The minimum Gasteiger partial charge on any atom is -0.484 e. The Morgan fingerprint density at radius 3 is 2.63 bits per heavy atom. The zero-order valence-electron chi connectivity index (χ0n) is 35.0. The number of rotatable bonds is 12. The Balaban J connectivity index is 0.976. The molecule has 2 saturated heterocycles. The molecule has 16 nitrogen and oxygen atoms in total. The largest absolute Gasteiger partial charge is 0.484 e. The third-order valence-corrected chi connectivity index (χ3v) is 13.7. The predicted molar refractivity (Wildman–Crippen MR) is 241 cm³/mol. The topological polar surface area (TPSA) is 190 Å². The Bertz CT molecular complexity index is 2840. The first kappa shape index (κ1) is 42.5. The number of allylic oxidation sites excluding steroid dienone is 1. The third-order valence-electron chi connectivity index (χ3n) is 12.2. The Hall–Kier alpha value is -5.85. The third kappa shape index (κ3) is 9.15. The Morgan fingerprint density at radius 2 is 1.87 bits per heavy atom. The number of benzene rings is 3. The molecule has 3 aromatic carbocycles. The molecule has 3 aliphatic rings. The number of H-pyrrole nitrogens is 1. The van der Waals surface area contributed by atoms with Crippen LogP contribution in [0, 0.1) is 15.5 Å². The summed E-state index contributed by atoms with van der Waals surface area (Å²) in [5, 5.41) is 20.0. The number of piperazine rings is 1. The van der Waals surface area contributed by atoms with Gasteiger partial charge in [0.05, 0.1) is 33.2 Å². The zero-order chi connectivity index (χ0) is 43.9. The number of hydrogen-bond donors (Lipinski definition) is 3. The summed E-state index contributed by atoms with van der Waals surface area (Å²) in [7, 11) is -4.60. The SMILES string of the molecule is CC1(C)CCC(CN2CCN(c3ccc(C(=O)NS(=O)(=O)c4ccc(OC[C@@H]5CNCCO5)c([N+](=O)[O-])c4)c(-n4[nH]cc5nc6nccc6cc54)c3)CC2)=C(c2ccc(Cl)cc2)C1. The van der Waals surface area contributed by atoms with Gasteiger partial charge in [-0.25, -0.2) is 23.1 Å². The summed E-state index contributed by atoms with van der Waals surface area (Å²) in [5.41, 5.74) is 6.87. The summed E-state index contributed by atoms with van der Waals surface area (Å²) in [6, 6.07) is 20.5. The van der Waals surface area contributed by atoms with E-state index in [-0.39, 0.29) is 29.4 Å². The number of hydrogen-bond acceptors (Lipinski definition) is 12. The van der Waals surface area contributed by atoms with Gasteiger partial charge in [-0.15, -0.1) is 0 Å². The summed E-state index contributed by atoms with van der Waals surface area (Å²) in [6.45, 7) is 10.4. The number of pyridine rings is 1. The van der Waals surface area contributed by atoms with Crippen molar-refractivity contribution >= 4 is 66.5 Å². The fourth-order valence-corrected chi connectivity index (χ4v) is 9.79. The van der Waals surface area contributed by atoms with Gasteiger partial charge in [0.1, 0.15) is 18.2 Å². The van der Waals surface area contributed by atoms with E-state index in [0.29, 0.717) is 42.1 Å². The number of sulfonamides is 1. The first-order valence-corrected chi connectivity index (χ1v) is 22.9. The van der Waals surface area contributed by atoms with Gasteiger partial charge in [0.25, 0.3) is 15.9 Å². The smallest absolute Gasteiger partial charge is 0.312 e. The normalized spacial score (nSPS) is 18.5. The van der Waals surface area contributed by atoms with Gasteiger partial charge in [-0.05, 0) is 90.4 Å². The maximum absolute atomic E-state index is 14.2. The lowest BCUT2D eigenvalue weighted by Crippen LogP contribution is -2.47. The minimum absolute atomic E-state index is 0.0302. The molecule has 63 heavy (non-hydrogen) atoms. The second kappa shape index (κ2) is 17.4. The van der Waals surface area contributed by atoms with Gasteiger partial charge in [0.2, 0.25) is 0 Å². The molecule has 1 amide bonds. The van der Waals surface area contributed by atoms with Crippen molar-refractivity contribution in [3.05, 3.63) is 117 Å². The van der Waals surface area contributed by atoms with E-state index in [1.54, 1.807) is 23.1 Å². The van der Waals surface area contributed by atoms with E-state index in [1.807, 2.05) is 36.4 Å². The molecule has 0 saturated carbocycles. The van der Waals surface area contributed by atoms with Crippen molar-refractivity contribution in [3.63, 3.8) is 0 Å². The van der Waals surface area contributed by atoms with Crippen LogP contribution in [0.3, 0.4) is 0 Å². The molecule has 6 aromatic rings. The van der Waals surface area contributed by atoms with Crippen LogP contribution < -0.4 is 19.7 Å². The van der Waals surface area contributed by atoms with Gasteiger partial charge < -0.3 is 19.7 Å². The second-order valence-electron chi connectivity index (χ2n) is 17.1. The number of morpholine rings is 1. The molecule has 2 aliphatic heterocycles. The summed E-state index contributed by atoms with van der Waals surface area (Å²) in [5.74, 6) is -1.04. The second-order valence-corrected chi connectivity index (χ2v) is 19.2. The molecule has 0 unspecified atom stereocenters. The van der Waals surface area contributed by atoms with Crippen LogP contribution >= 0.6 is 11.6 Å². The maximum Gasteiger partial charge on any atom is 0.312 e. The number of nitrogens with one attached hydrogen (secondary N) is 3. The van der Waals surface area contributed by atoms with Crippen LogP contribution in [0.2, 0.25) is 5.02 Å². The number of nitrogens with zero attached hydrogens (tertiary/aromatic N) is 6. The number of ether oxygens (including phenoxy) is 2. The molecule has 2 fully saturated rings. The van der Waals surface area contributed by atoms with Crippen molar-refractivity contribution < 1.29 is 27.6 Å². The minimum atomic E-state index is -4.60. The standard InChI is InChI=1S/C45H48ClN9O7S/c1-45(2)13-11-31(37(24-45)29-3-5-32(46)6-4-29)27-52-16-18-53(19-17-52)33-7-9-36(39(22-33)54-40-21-30-12-14-48-43(30)50-38(40)26-49-54)44(56)51-63(59,60)35-8-10-42(41(23-35)55(57)58)62-28-34-25-47-15-20-61-34/h3-10,12,14,21-23,26,34,47,49H,11,13,15-20,24-25,27-28H2,1-2H3,(H,51,56)/t34-/m0/s1. The number of aromatic nitrogens is 4. The molecular weight excluding hydrogens is 846 g/mol. The zero-order valence-corrected chi connectivity index (χ0v) is 36.5. The molecule has 18 heteroatoms. The maximum atomic E-state index is 14.2. The van der Waals surface area contributed by atoms with Crippen LogP contribution in [0.1, 0.15) is 49.0 Å². The van der Waals surface area contributed by atoms with E-state index in [2.05, 4.69) is 60.9 Å². The predicted octanol–water partition coefficient (Wildman–Crippen LogP) is 6.74. The molecule has 0 radical (unpaired) electrons. The first-order valence-electron chi connectivity index (χ1n) is 21.0. The molecule has 3 N–H and O–H groups in total. The summed E-state index contributed by atoms with van der Waals surface area (Å²) < 4.78 is 42.7. The van der Waals surface area contributed by atoms with E-state index in [0.717, 1.165) is 74.1 Å². The number of anilines is 1. The molecule has 5 heterocycles. The van der Waals surface area contributed by atoms with Crippen molar-refractivity contribution in [2.24, 2.45) is 5.41 Å². The number of nitro benzene ring substituents is 1. The van der Waals surface area contributed by atoms with Crippen LogP contribution in [0.15, 0.2) is 95.7 Å². The fourth-order valence-electron chi connectivity index (χ4n) is 8.68. The van der Waals surface area contributed by atoms with Crippen LogP contribution in [-0.4, -0.2) is 109 Å². The molecule has 3 aromatic heterocycles. The van der Waals surface area contributed by atoms with Gasteiger partial charge >= 0.3 is 5.69 Å². The molecule has 1 aliphatic carbocycles. The quantitative estimate of drug-likeness (QED) is 0.0869. The Labute approximate surface area is 369 Å². The van der Waals surface area contributed by atoms with Crippen LogP contribution in [-0.2, 0) is 14.8 Å². The lowest BCUT2D eigenvalue weighted by molar-refractivity contribution is -0.386. The van der Waals surface area contributed by atoms with Crippen LogP contribution in [0.5, 0.6) is 5.75 Å². The number of carbonyl (C=O) groups is 1. The average Bonchev–Trinajstić information content (AvgIpc) is 3.92. The van der Waals surface area contributed by atoms with E-state index in [1.165, 1.54) is 28.8 Å². The molecule has 0 bridgehead atoms. The number of aromatic amines is 1. The van der Waals surface area contributed by atoms with Crippen LogP contribution in [0.25, 0.3) is 33.3 Å². The van der Waals surface area contributed by atoms with Crippen molar-refractivity contribution in [3.8, 4) is 11.4 Å². The highest BCUT2D eigenvalue weighted by Crippen LogP contribution is 2.43. The average molecular weight is 894 g/mol. The van der Waals surface area contributed by atoms with Gasteiger partial charge in [0, 0.05) is 80.4 Å². The molecule has 9 rings (SSSR count). The van der Waals surface area contributed by atoms with E-state index in [4.69, 9.17) is 21.1 Å². The molecule has 1 atom stereocenters. The van der Waals surface area contributed by atoms with E-state index in [9.17, 15) is 23.3 Å². The van der Waals surface area contributed by atoms with Crippen molar-refractivity contribution in [1.29, 1.82) is 0 Å². The number of amides is 1. The summed E-state index contributed by atoms with van der Waals surface area (Å²) in [6.07, 6.45) is 6.24. The highest BCUT2D eigenvalue weighted by Gasteiger charge is 2.31. The lowest BCUT2D eigenvalue weighted by Gasteiger charge is -2.39. The summed E-state index contributed by atoms with van der Waals surface area (Å²) >= 11 is 6.25. The summed E-state index contributed by atoms with van der Waals surface area (Å²) in [4.78, 5) is 38.8. The molecule has 0 spiro atoms. The monoisotopic (exact) mass is 893 g/mol. The molecular formula is C45H48ClN9O7S. The first-order chi connectivity index (χ1) is 30.3. The Morgan fingerprint density at radius 1 is 1.06 bits per heavy atom. The molecule has 328 valence electrons. The van der Waals surface area contributed by atoms with Gasteiger partial charge in [-0.2, -0.15) is 0 Å². The van der Waals surface area contributed by atoms with Crippen molar-refractivity contribution in [2.75, 3.05) is 63.9 Å². The van der Waals surface area contributed by atoms with E-state index < -0.39 is 31.4 Å². The van der Waals surface area contributed by atoms with Crippen LogP contribution in [0.4, 0.5) is 11.4 Å². The number of fused-ring (bicyclic) bond motifs is 2. The Kier molecular flexibility index (Phi) is 11.7. The number of halogens is 1. The van der Waals surface area contributed by atoms with Crippen molar-refractivity contribution in [2.45, 2.75) is 44.1 Å². The van der Waals surface area contributed by atoms with Gasteiger partial charge in [-0.1, -0.05) is 43.2 Å². The highest BCUT2D eigenvalue weighted by molar-refractivity contribution is 7.90. The van der Waals surface area contributed by atoms with Gasteiger partial charge in [0.15, 0.2) is 11.4 Å².